The highest BCUT2D eigenvalue weighted by molar-refractivity contribution is 5.82. The summed E-state index contributed by atoms with van der Waals surface area (Å²) in [5.74, 6) is 0. The maximum Gasteiger partial charge on any atom is 0.0108 e. The minimum Gasteiger partial charge on any atom is -0.314 e. The predicted molar refractivity (Wildman–Crippen MR) is 77.0 cm³/mol. The van der Waals surface area contributed by atoms with Crippen LogP contribution in [0.4, 0.5) is 0 Å². The van der Waals surface area contributed by atoms with E-state index in [2.05, 4.69) is 52.7 Å². The van der Waals surface area contributed by atoms with Gasteiger partial charge in [-0.2, -0.15) is 0 Å². The Labute approximate surface area is 109 Å². The van der Waals surface area contributed by atoms with Crippen molar-refractivity contribution in [3.63, 3.8) is 0 Å². The molecular weight excluding hydrogens is 220 g/mol. The van der Waals surface area contributed by atoms with Gasteiger partial charge >= 0.3 is 0 Å². The van der Waals surface area contributed by atoms with Gasteiger partial charge in [-0.05, 0) is 22.8 Å². The standard InChI is InChI=1S/C16H20N2/c1-2-4-16-13-14(5-6-15(16)3-1)7-10-18-11-8-17-9-12-18/h1-6,13,17H,7-12H2. The molecule has 0 amide bonds. The zero-order valence-corrected chi connectivity index (χ0v) is 10.7. The van der Waals surface area contributed by atoms with E-state index in [4.69, 9.17) is 0 Å². The Kier molecular flexibility index (Phi) is 3.58. The smallest absolute Gasteiger partial charge is 0.0108 e. The molecule has 1 fully saturated rings. The number of hydrogen-bond donors (Lipinski definition) is 1. The molecule has 1 heterocycles. The van der Waals surface area contributed by atoms with Gasteiger partial charge in [0.1, 0.15) is 0 Å². The van der Waals surface area contributed by atoms with Crippen LogP contribution in [0, 0.1) is 0 Å². The number of rotatable bonds is 3. The van der Waals surface area contributed by atoms with Crippen LogP contribution in [-0.4, -0.2) is 37.6 Å². The van der Waals surface area contributed by atoms with Crippen molar-refractivity contribution >= 4 is 10.8 Å². The van der Waals surface area contributed by atoms with Crippen LogP contribution in [0.25, 0.3) is 10.8 Å². The summed E-state index contributed by atoms with van der Waals surface area (Å²) in [6.45, 7) is 5.83. The summed E-state index contributed by atoms with van der Waals surface area (Å²) in [5.41, 5.74) is 1.45. The van der Waals surface area contributed by atoms with Gasteiger partial charge in [0.05, 0.1) is 0 Å². The minimum absolute atomic E-state index is 1.14. The van der Waals surface area contributed by atoms with Gasteiger partial charge in [-0.1, -0.05) is 42.5 Å². The molecule has 2 heteroatoms. The monoisotopic (exact) mass is 240 g/mol. The van der Waals surface area contributed by atoms with E-state index in [1.54, 1.807) is 0 Å². The molecule has 0 bridgehead atoms. The van der Waals surface area contributed by atoms with Gasteiger partial charge in [-0.15, -0.1) is 0 Å². The van der Waals surface area contributed by atoms with E-state index in [0.29, 0.717) is 0 Å². The normalized spacial score (nSPS) is 17.1. The van der Waals surface area contributed by atoms with Crippen molar-refractivity contribution in [3.8, 4) is 0 Å². The van der Waals surface area contributed by atoms with Crippen molar-refractivity contribution in [2.24, 2.45) is 0 Å². The summed E-state index contributed by atoms with van der Waals surface area (Å²) >= 11 is 0. The molecule has 18 heavy (non-hydrogen) atoms. The highest BCUT2D eigenvalue weighted by Crippen LogP contribution is 2.16. The minimum atomic E-state index is 1.14. The second-order valence-electron chi connectivity index (χ2n) is 5.02. The molecule has 0 saturated carbocycles. The molecule has 0 aromatic heterocycles. The number of hydrogen-bond acceptors (Lipinski definition) is 2. The Morgan fingerprint density at radius 3 is 2.56 bits per heavy atom. The molecule has 1 aliphatic rings. The lowest BCUT2D eigenvalue weighted by Gasteiger charge is -2.27. The topological polar surface area (TPSA) is 15.3 Å². The Hall–Kier alpha value is -1.38. The van der Waals surface area contributed by atoms with Crippen molar-refractivity contribution < 1.29 is 0 Å². The molecule has 1 aliphatic heterocycles. The molecule has 2 aromatic carbocycles. The molecule has 3 rings (SSSR count). The number of benzene rings is 2. The van der Waals surface area contributed by atoms with Crippen molar-refractivity contribution in [1.82, 2.24) is 10.2 Å². The first kappa shape index (κ1) is 11.7. The first-order valence-corrected chi connectivity index (χ1v) is 6.82. The SMILES string of the molecule is c1ccc2cc(CCN3CCNCC3)ccc2c1. The molecule has 0 unspecified atom stereocenters. The highest BCUT2D eigenvalue weighted by Gasteiger charge is 2.08. The maximum absolute atomic E-state index is 3.40. The van der Waals surface area contributed by atoms with Crippen LogP contribution in [0.3, 0.4) is 0 Å². The van der Waals surface area contributed by atoms with Crippen molar-refractivity contribution in [3.05, 3.63) is 48.0 Å². The molecular formula is C16H20N2. The van der Waals surface area contributed by atoms with Crippen LogP contribution in [0.2, 0.25) is 0 Å². The fourth-order valence-corrected chi connectivity index (χ4v) is 2.62. The Bertz CT molecular complexity index is 515. The van der Waals surface area contributed by atoms with Crippen molar-refractivity contribution in [1.29, 1.82) is 0 Å². The molecule has 0 aliphatic carbocycles. The third kappa shape index (κ3) is 2.71. The van der Waals surface area contributed by atoms with Crippen LogP contribution in [0.5, 0.6) is 0 Å². The van der Waals surface area contributed by atoms with Crippen LogP contribution in [0.15, 0.2) is 42.5 Å². The van der Waals surface area contributed by atoms with E-state index in [1.165, 1.54) is 36.0 Å². The second kappa shape index (κ2) is 5.51. The van der Waals surface area contributed by atoms with E-state index in [1.807, 2.05) is 0 Å². The molecule has 0 radical (unpaired) electrons. The summed E-state index contributed by atoms with van der Waals surface area (Å²) in [4.78, 5) is 2.55. The van der Waals surface area contributed by atoms with Crippen molar-refractivity contribution in [2.45, 2.75) is 6.42 Å². The van der Waals surface area contributed by atoms with Crippen LogP contribution in [0.1, 0.15) is 5.56 Å². The summed E-state index contributed by atoms with van der Waals surface area (Å²) in [6, 6.07) is 15.4. The molecule has 1 N–H and O–H groups in total. The fraction of sp³-hybridized carbons (Fsp3) is 0.375. The second-order valence-corrected chi connectivity index (χ2v) is 5.02. The molecule has 94 valence electrons. The molecule has 2 nitrogen and oxygen atoms in total. The highest BCUT2D eigenvalue weighted by atomic mass is 15.2. The van der Waals surface area contributed by atoms with E-state index in [9.17, 15) is 0 Å². The third-order valence-corrected chi connectivity index (χ3v) is 3.74. The lowest BCUT2D eigenvalue weighted by atomic mass is 10.0. The lowest BCUT2D eigenvalue weighted by Crippen LogP contribution is -2.44. The summed E-state index contributed by atoms with van der Waals surface area (Å²) in [7, 11) is 0. The first-order chi connectivity index (χ1) is 8.92. The van der Waals surface area contributed by atoms with Gasteiger partial charge in [-0.3, -0.25) is 0 Å². The Morgan fingerprint density at radius 2 is 1.72 bits per heavy atom. The summed E-state index contributed by atoms with van der Waals surface area (Å²) in [5, 5.41) is 6.09. The number of fused-ring (bicyclic) bond motifs is 1. The maximum atomic E-state index is 3.40. The van der Waals surface area contributed by atoms with E-state index in [0.717, 1.165) is 19.5 Å². The first-order valence-electron chi connectivity index (χ1n) is 6.82. The van der Waals surface area contributed by atoms with Gasteiger partial charge in [0.15, 0.2) is 0 Å². The van der Waals surface area contributed by atoms with Gasteiger partial charge in [0.2, 0.25) is 0 Å². The Morgan fingerprint density at radius 1 is 0.944 bits per heavy atom. The van der Waals surface area contributed by atoms with Crippen molar-refractivity contribution in [2.75, 3.05) is 32.7 Å². The van der Waals surface area contributed by atoms with Gasteiger partial charge in [-0.25, -0.2) is 0 Å². The molecule has 1 saturated heterocycles. The van der Waals surface area contributed by atoms with Crippen LogP contribution >= 0.6 is 0 Å². The van der Waals surface area contributed by atoms with E-state index >= 15 is 0 Å². The predicted octanol–water partition coefficient (Wildman–Crippen LogP) is 2.29. The largest absolute Gasteiger partial charge is 0.314 e. The summed E-state index contributed by atoms with van der Waals surface area (Å²) in [6.07, 6.45) is 1.16. The summed E-state index contributed by atoms with van der Waals surface area (Å²) < 4.78 is 0. The lowest BCUT2D eigenvalue weighted by molar-refractivity contribution is 0.244. The molecule has 2 aromatic rings. The number of nitrogens with zero attached hydrogens (tertiary/aromatic N) is 1. The number of nitrogens with one attached hydrogen (secondary N) is 1. The zero-order chi connectivity index (χ0) is 12.2. The van der Waals surface area contributed by atoms with Crippen LogP contribution < -0.4 is 5.32 Å². The molecule has 0 spiro atoms. The molecule has 0 atom stereocenters. The quantitative estimate of drug-likeness (QED) is 0.885. The van der Waals surface area contributed by atoms with Gasteiger partial charge < -0.3 is 10.2 Å². The zero-order valence-electron chi connectivity index (χ0n) is 10.7. The Balaban J connectivity index is 1.66. The van der Waals surface area contributed by atoms with Gasteiger partial charge in [0.25, 0.3) is 0 Å². The van der Waals surface area contributed by atoms with Crippen LogP contribution in [-0.2, 0) is 6.42 Å². The van der Waals surface area contributed by atoms with Gasteiger partial charge in [0, 0.05) is 32.7 Å². The average Bonchev–Trinajstić information content (AvgIpc) is 2.46. The number of piperazine rings is 1. The third-order valence-electron chi connectivity index (χ3n) is 3.74. The average molecular weight is 240 g/mol. The fourth-order valence-electron chi connectivity index (χ4n) is 2.62. The van der Waals surface area contributed by atoms with E-state index in [-0.39, 0.29) is 0 Å². The van der Waals surface area contributed by atoms with E-state index < -0.39 is 0 Å².